The molecule has 0 unspecified atom stereocenters. The summed E-state index contributed by atoms with van der Waals surface area (Å²) >= 11 is 7.17. The van der Waals surface area contributed by atoms with Crippen LogP contribution in [0.1, 0.15) is 16.0 Å². The van der Waals surface area contributed by atoms with Crippen molar-refractivity contribution in [2.24, 2.45) is 0 Å². The molecule has 0 aliphatic rings. The molecule has 0 bridgehead atoms. The van der Waals surface area contributed by atoms with E-state index < -0.39 is 0 Å². The van der Waals surface area contributed by atoms with Gasteiger partial charge in [-0.15, -0.1) is 0 Å². The number of thiophene rings is 1. The molecule has 3 rings (SSSR count). The molecule has 0 N–H and O–H groups in total. The highest BCUT2D eigenvalue weighted by Crippen LogP contribution is 2.26. The van der Waals surface area contributed by atoms with Crippen molar-refractivity contribution in [1.29, 1.82) is 0 Å². The number of hydrogen-bond donors (Lipinski definition) is 0. The quantitative estimate of drug-likeness (QED) is 0.436. The van der Waals surface area contributed by atoms with E-state index in [0.717, 1.165) is 22.5 Å². The highest BCUT2D eigenvalue weighted by molar-refractivity contribution is 7.15. The Balaban J connectivity index is 1.77. The lowest BCUT2D eigenvalue weighted by molar-refractivity contribution is -0.380. The van der Waals surface area contributed by atoms with Crippen molar-refractivity contribution in [3.63, 3.8) is 0 Å². The van der Waals surface area contributed by atoms with Gasteiger partial charge in [0.1, 0.15) is 0 Å². The van der Waals surface area contributed by atoms with Crippen LogP contribution in [-0.2, 0) is 19.6 Å². The molecule has 0 atom stereocenters. The molecular weight excluding hydrogens is 358 g/mol. The van der Waals surface area contributed by atoms with Gasteiger partial charge in [-0.2, -0.15) is 0 Å². The Labute approximate surface area is 154 Å². The largest absolute Gasteiger partial charge is 0.324 e. The minimum atomic E-state index is -0.348. The SMILES string of the molecule is O=[N+]([O-])c1ccc(CN(Cc2ccc(Cl)cc2)Cc2cccnc2)s1. The van der Waals surface area contributed by atoms with Crippen molar-refractivity contribution in [2.75, 3.05) is 0 Å². The summed E-state index contributed by atoms with van der Waals surface area (Å²) in [4.78, 5) is 17.9. The predicted octanol–water partition coefficient (Wildman–Crippen LogP) is 4.91. The lowest BCUT2D eigenvalue weighted by atomic mass is 10.2. The van der Waals surface area contributed by atoms with Gasteiger partial charge in [0.25, 0.3) is 0 Å². The van der Waals surface area contributed by atoms with Gasteiger partial charge in [-0.1, -0.05) is 41.1 Å². The van der Waals surface area contributed by atoms with Crippen LogP contribution in [0.3, 0.4) is 0 Å². The molecule has 0 spiro atoms. The number of rotatable bonds is 7. The Morgan fingerprint density at radius 1 is 1.04 bits per heavy atom. The topological polar surface area (TPSA) is 59.3 Å². The number of nitro groups is 1. The van der Waals surface area contributed by atoms with Gasteiger partial charge in [-0.25, -0.2) is 0 Å². The van der Waals surface area contributed by atoms with E-state index in [1.807, 2.05) is 48.7 Å². The molecule has 2 heterocycles. The maximum Gasteiger partial charge on any atom is 0.324 e. The minimum absolute atomic E-state index is 0.169. The number of pyridine rings is 1. The standard InChI is InChI=1S/C18H16ClN3O2S/c19-16-5-3-14(4-6-16)11-21(12-15-2-1-9-20-10-15)13-17-7-8-18(25-17)22(23)24/h1-10H,11-13H2. The zero-order valence-corrected chi connectivity index (χ0v) is 14.9. The van der Waals surface area contributed by atoms with Crippen molar-refractivity contribution in [3.05, 3.63) is 92.1 Å². The first kappa shape index (κ1) is 17.5. The Kier molecular flexibility index (Phi) is 5.75. The lowest BCUT2D eigenvalue weighted by Crippen LogP contribution is -2.22. The van der Waals surface area contributed by atoms with Crippen LogP contribution >= 0.6 is 22.9 Å². The first-order chi connectivity index (χ1) is 12.1. The normalized spacial score (nSPS) is 11.0. The van der Waals surface area contributed by atoms with Crippen LogP contribution in [0.5, 0.6) is 0 Å². The van der Waals surface area contributed by atoms with E-state index in [-0.39, 0.29) is 9.92 Å². The third kappa shape index (κ3) is 5.09. The number of hydrogen-bond acceptors (Lipinski definition) is 5. The maximum absolute atomic E-state index is 10.9. The van der Waals surface area contributed by atoms with Crippen LogP contribution < -0.4 is 0 Å². The second kappa shape index (κ2) is 8.20. The number of benzene rings is 1. The molecule has 1 aromatic carbocycles. The molecule has 0 saturated heterocycles. The van der Waals surface area contributed by atoms with Crippen molar-refractivity contribution in [2.45, 2.75) is 19.6 Å². The van der Waals surface area contributed by atoms with E-state index in [0.29, 0.717) is 18.1 Å². The predicted molar refractivity (Wildman–Crippen MR) is 99.6 cm³/mol. The second-order valence-corrected chi connectivity index (χ2v) is 7.21. The average Bonchev–Trinajstić information content (AvgIpc) is 3.07. The summed E-state index contributed by atoms with van der Waals surface area (Å²) in [7, 11) is 0. The first-order valence-corrected chi connectivity index (χ1v) is 8.88. The molecule has 0 fully saturated rings. The van der Waals surface area contributed by atoms with E-state index in [1.54, 1.807) is 12.3 Å². The summed E-state index contributed by atoms with van der Waals surface area (Å²) < 4.78 is 0. The zero-order chi connectivity index (χ0) is 17.6. The summed E-state index contributed by atoms with van der Waals surface area (Å²) in [6.07, 6.45) is 3.58. The Hall–Kier alpha value is -2.28. The van der Waals surface area contributed by atoms with E-state index >= 15 is 0 Å². The fraction of sp³-hybridized carbons (Fsp3) is 0.167. The maximum atomic E-state index is 10.9. The van der Waals surface area contributed by atoms with Crippen LogP contribution in [0.25, 0.3) is 0 Å². The molecule has 0 radical (unpaired) electrons. The Morgan fingerprint density at radius 3 is 2.44 bits per heavy atom. The summed E-state index contributed by atoms with van der Waals surface area (Å²) in [5.74, 6) is 0. The van der Waals surface area contributed by atoms with E-state index in [2.05, 4.69) is 9.88 Å². The van der Waals surface area contributed by atoms with Gasteiger partial charge >= 0.3 is 5.00 Å². The van der Waals surface area contributed by atoms with Gasteiger partial charge in [0.05, 0.1) is 4.92 Å². The number of halogens is 1. The van der Waals surface area contributed by atoms with Gasteiger partial charge in [0, 0.05) is 48.0 Å². The molecule has 3 aromatic rings. The average molecular weight is 374 g/mol. The molecule has 0 aliphatic carbocycles. The van der Waals surface area contributed by atoms with Gasteiger partial charge in [0.15, 0.2) is 0 Å². The smallest absolute Gasteiger partial charge is 0.290 e. The third-order valence-electron chi connectivity index (χ3n) is 3.66. The summed E-state index contributed by atoms with van der Waals surface area (Å²) in [6.45, 7) is 2.07. The summed E-state index contributed by atoms with van der Waals surface area (Å²) in [6, 6.07) is 15.0. The summed E-state index contributed by atoms with van der Waals surface area (Å²) in [5, 5.41) is 11.8. The minimum Gasteiger partial charge on any atom is -0.290 e. The Bertz CT molecular complexity index is 837. The molecule has 0 saturated carbocycles. The van der Waals surface area contributed by atoms with Crippen molar-refractivity contribution < 1.29 is 4.92 Å². The Morgan fingerprint density at radius 2 is 1.80 bits per heavy atom. The molecule has 25 heavy (non-hydrogen) atoms. The van der Waals surface area contributed by atoms with Crippen LogP contribution in [-0.4, -0.2) is 14.8 Å². The van der Waals surface area contributed by atoms with Crippen molar-refractivity contribution in [1.82, 2.24) is 9.88 Å². The highest BCUT2D eigenvalue weighted by atomic mass is 35.5. The molecule has 2 aromatic heterocycles. The summed E-state index contributed by atoms with van der Waals surface area (Å²) in [5.41, 5.74) is 2.24. The highest BCUT2D eigenvalue weighted by Gasteiger charge is 2.14. The molecule has 7 heteroatoms. The number of nitrogens with zero attached hydrogens (tertiary/aromatic N) is 3. The van der Waals surface area contributed by atoms with Gasteiger partial charge in [0.2, 0.25) is 0 Å². The van der Waals surface area contributed by atoms with Crippen LogP contribution in [0.15, 0.2) is 60.9 Å². The fourth-order valence-corrected chi connectivity index (χ4v) is 3.52. The molecule has 5 nitrogen and oxygen atoms in total. The van der Waals surface area contributed by atoms with Crippen LogP contribution in [0.2, 0.25) is 5.02 Å². The van der Waals surface area contributed by atoms with Gasteiger partial charge < -0.3 is 0 Å². The van der Waals surface area contributed by atoms with Crippen LogP contribution in [0, 0.1) is 10.1 Å². The molecule has 0 aliphatic heterocycles. The molecular formula is C18H16ClN3O2S. The lowest BCUT2D eigenvalue weighted by Gasteiger charge is -2.21. The van der Waals surface area contributed by atoms with E-state index in [1.165, 1.54) is 11.3 Å². The van der Waals surface area contributed by atoms with Crippen molar-refractivity contribution >= 4 is 27.9 Å². The van der Waals surface area contributed by atoms with Crippen molar-refractivity contribution in [3.8, 4) is 0 Å². The molecule has 128 valence electrons. The zero-order valence-electron chi connectivity index (χ0n) is 13.3. The van der Waals surface area contributed by atoms with E-state index in [4.69, 9.17) is 11.6 Å². The third-order valence-corrected chi connectivity index (χ3v) is 4.93. The van der Waals surface area contributed by atoms with Gasteiger partial charge in [-0.3, -0.25) is 20.0 Å². The monoisotopic (exact) mass is 373 g/mol. The second-order valence-electron chi connectivity index (χ2n) is 5.63. The van der Waals surface area contributed by atoms with E-state index in [9.17, 15) is 10.1 Å². The molecule has 0 amide bonds. The number of aromatic nitrogens is 1. The first-order valence-electron chi connectivity index (χ1n) is 7.69. The fourth-order valence-electron chi connectivity index (χ4n) is 2.54. The van der Waals surface area contributed by atoms with Crippen LogP contribution in [0.4, 0.5) is 5.00 Å². The van der Waals surface area contributed by atoms with Gasteiger partial charge in [-0.05, 0) is 35.4 Å².